The minimum atomic E-state index is -2.77. The number of benzene rings is 1. The van der Waals surface area contributed by atoms with Crippen LogP contribution in [0, 0.1) is 0 Å². The van der Waals surface area contributed by atoms with Crippen molar-refractivity contribution < 1.29 is 18.6 Å². The van der Waals surface area contributed by atoms with Gasteiger partial charge in [-0.2, -0.15) is 10.6 Å². The minimum absolute atomic E-state index is 0.0454. The van der Waals surface area contributed by atoms with Crippen molar-refractivity contribution in [3.63, 3.8) is 0 Å². The van der Waals surface area contributed by atoms with Crippen molar-refractivity contribution in [3.8, 4) is 11.4 Å². The van der Waals surface area contributed by atoms with Crippen molar-refractivity contribution >= 4 is 28.1 Å². The molecule has 4 rings (SSSR count). The van der Waals surface area contributed by atoms with Gasteiger partial charge in [-0.25, -0.2) is 19.7 Å². The van der Waals surface area contributed by atoms with Crippen molar-refractivity contribution in [2.45, 2.75) is 25.3 Å². The van der Waals surface area contributed by atoms with Gasteiger partial charge < -0.3 is 25.3 Å². The summed E-state index contributed by atoms with van der Waals surface area (Å²) < 4.78 is 25.5. The molecule has 0 unspecified atom stereocenters. The van der Waals surface area contributed by atoms with Crippen molar-refractivity contribution in [2.24, 2.45) is 0 Å². The first-order chi connectivity index (χ1) is 16.3. The van der Waals surface area contributed by atoms with Crippen LogP contribution < -0.4 is 15.5 Å². The molecule has 34 heavy (non-hydrogen) atoms. The normalized spacial score (nSPS) is 16.8. The van der Waals surface area contributed by atoms with E-state index in [0.29, 0.717) is 42.8 Å². The van der Waals surface area contributed by atoms with Gasteiger partial charge in [0.2, 0.25) is 0 Å². The Hall–Kier alpha value is -3.19. The van der Waals surface area contributed by atoms with Crippen LogP contribution in [0.4, 0.5) is 16.3 Å². The highest BCUT2D eigenvalue weighted by Crippen LogP contribution is 2.38. The summed E-state index contributed by atoms with van der Waals surface area (Å²) in [6.07, 6.45) is 4.72. The number of ether oxygens (including phenoxy) is 1. The number of urea groups is 1. The molecule has 1 aliphatic rings. The number of morpholine rings is 1. The van der Waals surface area contributed by atoms with Crippen LogP contribution in [0.2, 0.25) is 0 Å². The lowest BCUT2D eigenvalue weighted by Gasteiger charge is -2.35. The van der Waals surface area contributed by atoms with E-state index in [2.05, 4.69) is 37.4 Å². The van der Waals surface area contributed by atoms with Gasteiger partial charge >= 0.3 is 6.03 Å². The predicted octanol–water partition coefficient (Wildman–Crippen LogP) is 3.29. The second kappa shape index (κ2) is 10.4. The summed E-state index contributed by atoms with van der Waals surface area (Å²) in [6.45, 7) is 4.24. The minimum Gasteiger partial charge on any atom is -0.377 e. The molecule has 12 heteroatoms. The van der Waals surface area contributed by atoms with Crippen LogP contribution in [-0.2, 0) is 17.0 Å². The van der Waals surface area contributed by atoms with Crippen LogP contribution in [0.15, 0.2) is 42.7 Å². The van der Waals surface area contributed by atoms with Crippen LogP contribution in [0.25, 0.3) is 11.4 Å². The van der Waals surface area contributed by atoms with Crippen molar-refractivity contribution in [1.29, 1.82) is 0 Å². The summed E-state index contributed by atoms with van der Waals surface area (Å²) in [5, 5.41) is 5.50. The molecule has 1 aliphatic heterocycles. The SMILES string of the molecule is C[C@H]1COCCN1c1cc(CS(C)(O)O)nc(-c2ccc(NC(=O)NCc3ncc[nH]3)cc2)n1. The van der Waals surface area contributed by atoms with Gasteiger partial charge in [-0.15, -0.1) is 0 Å². The monoisotopic (exact) mass is 487 g/mol. The zero-order valence-electron chi connectivity index (χ0n) is 19.1. The number of rotatable bonds is 7. The van der Waals surface area contributed by atoms with Gasteiger partial charge in [0, 0.05) is 42.5 Å². The number of nitrogens with zero attached hydrogens (tertiary/aromatic N) is 4. The number of aromatic nitrogens is 4. The zero-order chi connectivity index (χ0) is 24.1. The van der Waals surface area contributed by atoms with E-state index in [-0.39, 0.29) is 24.4 Å². The number of hydrogen-bond donors (Lipinski definition) is 5. The lowest BCUT2D eigenvalue weighted by atomic mass is 10.2. The number of carbonyl (C=O) groups excluding carboxylic acids is 1. The molecule has 3 aromatic rings. The molecule has 5 N–H and O–H groups in total. The Bertz CT molecular complexity index is 1100. The van der Waals surface area contributed by atoms with Crippen LogP contribution in [0.1, 0.15) is 18.4 Å². The summed E-state index contributed by atoms with van der Waals surface area (Å²) in [4.78, 5) is 30.6. The van der Waals surface area contributed by atoms with Gasteiger partial charge in [0.25, 0.3) is 0 Å². The number of aromatic amines is 1. The molecule has 0 radical (unpaired) electrons. The molecule has 0 aliphatic carbocycles. The van der Waals surface area contributed by atoms with Crippen molar-refractivity contribution in [2.75, 3.05) is 36.2 Å². The molecule has 3 heterocycles. The molecule has 11 nitrogen and oxygen atoms in total. The molecule has 1 fully saturated rings. The Labute approximate surface area is 199 Å². The van der Waals surface area contributed by atoms with Gasteiger partial charge in [0.15, 0.2) is 5.82 Å². The quantitative estimate of drug-likeness (QED) is 0.341. The maximum atomic E-state index is 12.1. The van der Waals surface area contributed by atoms with Gasteiger partial charge in [-0.05, 0) is 31.2 Å². The highest BCUT2D eigenvalue weighted by molar-refractivity contribution is 8.23. The summed E-state index contributed by atoms with van der Waals surface area (Å²) in [5.41, 5.74) is 1.92. The van der Waals surface area contributed by atoms with E-state index in [1.54, 1.807) is 24.5 Å². The molecule has 0 spiro atoms. The molecule has 1 saturated heterocycles. The summed E-state index contributed by atoms with van der Waals surface area (Å²) in [5.74, 6) is 1.91. The molecule has 2 amide bonds. The standard InChI is InChI=1S/C22H29N7O4S/c1-15-13-33-10-9-29(15)20-11-18(14-34(2,31)32)26-21(28-20)16-3-5-17(6-4-16)27-22(30)25-12-19-23-7-8-24-19/h3-8,11,15,31-32H,9-10,12-14H2,1-2H3,(H,23,24)(H2,25,27,30)/t15-/m0/s1. The van der Waals surface area contributed by atoms with Gasteiger partial charge in [0.1, 0.15) is 11.6 Å². The Kier molecular flexibility index (Phi) is 7.32. The second-order valence-electron chi connectivity index (χ2n) is 8.22. The highest BCUT2D eigenvalue weighted by atomic mass is 32.3. The van der Waals surface area contributed by atoms with Crippen molar-refractivity contribution in [3.05, 3.63) is 54.2 Å². The van der Waals surface area contributed by atoms with E-state index in [1.807, 2.05) is 18.2 Å². The zero-order valence-corrected chi connectivity index (χ0v) is 19.9. The molecule has 0 saturated carbocycles. The fraction of sp³-hybridized carbons (Fsp3) is 0.364. The van der Waals surface area contributed by atoms with Crippen LogP contribution in [-0.4, -0.2) is 67.1 Å². The fourth-order valence-corrected chi connectivity index (χ4v) is 4.33. The maximum Gasteiger partial charge on any atom is 0.319 e. The molecular weight excluding hydrogens is 458 g/mol. The summed E-state index contributed by atoms with van der Waals surface area (Å²) in [6, 6.07) is 8.76. The Morgan fingerprint density at radius 3 is 2.76 bits per heavy atom. The van der Waals surface area contributed by atoms with Crippen molar-refractivity contribution in [1.82, 2.24) is 25.3 Å². The number of nitrogens with one attached hydrogen (secondary N) is 3. The largest absolute Gasteiger partial charge is 0.377 e. The van der Waals surface area contributed by atoms with Crippen LogP contribution >= 0.6 is 10.6 Å². The first kappa shape index (κ1) is 24.0. The number of H-pyrrole nitrogens is 1. The first-order valence-electron chi connectivity index (χ1n) is 10.8. The predicted molar refractivity (Wildman–Crippen MR) is 132 cm³/mol. The summed E-state index contributed by atoms with van der Waals surface area (Å²) >= 11 is 0. The Morgan fingerprint density at radius 1 is 1.29 bits per heavy atom. The topological polar surface area (TPSA) is 149 Å². The summed E-state index contributed by atoms with van der Waals surface area (Å²) in [7, 11) is -2.77. The fourth-order valence-electron chi connectivity index (χ4n) is 3.62. The lowest BCUT2D eigenvalue weighted by Crippen LogP contribution is -2.44. The van der Waals surface area contributed by atoms with Crippen LogP contribution in [0.5, 0.6) is 0 Å². The molecule has 1 atom stereocenters. The van der Waals surface area contributed by atoms with Crippen LogP contribution in [0.3, 0.4) is 0 Å². The molecule has 182 valence electrons. The van der Waals surface area contributed by atoms with E-state index in [0.717, 1.165) is 11.4 Å². The third kappa shape index (κ3) is 6.44. The number of carbonyl (C=O) groups is 1. The van der Waals surface area contributed by atoms with E-state index < -0.39 is 10.6 Å². The molecular formula is C22H29N7O4S. The maximum absolute atomic E-state index is 12.1. The molecule has 0 bridgehead atoms. The number of imidazole rings is 1. The third-order valence-corrected chi connectivity index (χ3v) is 6.06. The van der Waals surface area contributed by atoms with E-state index in [4.69, 9.17) is 9.72 Å². The molecule has 2 aromatic heterocycles. The van der Waals surface area contributed by atoms with Gasteiger partial charge in [0.05, 0.1) is 37.2 Å². The van der Waals surface area contributed by atoms with Gasteiger partial charge in [-0.3, -0.25) is 9.11 Å². The second-order valence-corrected chi connectivity index (χ2v) is 10.5. The lowest BCUT2D eigenvalue weighted by molar-refractivity contribution is 0.0985. The third-order valence-electron chi connectivity index (χ3n) is 5.22. The number of amides is 2. The average molecular weight is 488 g/mol. The van der Waals surface area contributed by atoms with E-state index in [1.165, 1.54) is 6.26 Å². The average Bonchev–Trinajstić information content (AvgIpc) is 3.31. The smallest absolute Gasteiger partial charge is 0.319 e. The Morgan fingerprint density at radius 2 is 2.09 bits per heavy atom. The first-order valence-corrected chi connectivity index (χ1v) is 13.0. The van der Waals surface area contributed by atoms with E-state index >= 15 is 0 Å². The Balaban J connectivity index is 1.52. The highest BCUT2D eigenvalue weighted by Gasteiger charge is 2.22. The molecule has 1 aromatic carbocycles. The number of anilines is 2. The van der Waals surface area contributed by atoms with E-state index in [9.17, 15) is 13.9 Å². The van der Waals surface area contributed by atoms with Gasteiger partial charge in [-0.1, -0.05) is 0 Å². The number of hydrogen-bond acceptors (Lipinski definition) is 8.